The molecule has 3 N–H and O–H groups in total. The Kier molecular flexibility index (Phi) is 4.81. The number of hydrogen-bond donors (Lipinski definition) is 2. The summed E-state index contributed by atoms with van der Waals surface area (Å²) in [4.78, 5) is 9.63. The smallest absolute Gasteiger partial charge is 0.304 e. The standard InChI is InChI=1S/C10H14FN3O2/c11-9-6-8(7-13-5-1-4-12)2-3-10(9)14(15)16/h2-3,6,13H,1,4-5,7,12H2. The second kappa shape index (κ2) is 6.14. The minimum atomic E-state index is -0.803. The van der Waals surface area contributed by atoms with Crippen molar-refractivity contribution in [2.24, 2.45) is 5.73 Å². The predicted octanol–water partition coefficient (Wildman–Crippen LogP) is 1.17. The molecule has 0 radical (unpaired) electrons. The number of nitrogens with two attached hydrogens (primary N) is 1. The van der Waals surface area contributed by atoms with E-state index in [1.54, 1.807) is 0 Å². The van der Waals surface area contributed by atoms with Crippen LogP contribution in [-0.4, -0.2) is 18.0 Å². The van der Waals surface area contributed by atoms with Crippen LogP contribution in [0, 0.1) is 15.9 Å². The third-order valence-electron chi connectivity index (χ3n) is 2.10. The van der Waals surface area contributed by atoms with Crippen molar-refractivity contribution in [2.45, 2.75) is 13.0 Å². The molecule has 0 bridgehead atoms. The van der Waals surface area contributed by atoms with Crippen LogP contribution in [0.1, 0.15) is 12.0 Å². The molecule has 1 rings (SSSR count). The predicted molar refractivity (Wildman–Crippen MR) is 58.4 cm³/mol. The molecular weight excluding hydrogens is 213 g/mol. The van der Waals surface area contributed by atoms with Gasteiger partial charge < -0.3 is 11.1 Å². The molecule has 1 aromatic rings. The molecule has 0 unspecified atom stereocenters. The van der Waals surface area contributed by atoms with E-state index in [0.717, 1.165) is 13.0 Å². The summed E-state index contributed by atoms with van der Waals surface area (Å²) in [7, 11) is 0. The van der Waals surface area contributed by atoms with Gasteiger partial charge in [-0.05, 0) is 31.1 Å². The number of nitrogens with one attached hydrogen (secondary N) is 1. The van der Waals surface area contributed by atoms with Crippen molar-refractivity contribution in [1.29, 1.82) is 0 Å². The lowest BCUT2D eigenvalue weighted by Gasteiger charge is -2.04. The van der Waals surface area contributed by atoms with E-state index in [2.05, 4.69) is 5.32 Å². The van der Waals surface area contributed by atoms with Gasteiger partial charge in [0, 0.05) is 12.6 Å². The Hall–Kier alpha value is -1.53. The van der Waals surface area contributed by atoms with Crippen molar-refractivity contribution in [3.05, 3.63) is 39.7 Å². The summed E-state index contributed by atoms with van der Waals surface area (Å²) < 4.78 is 13.2. The summed E-state index contributed by atoms with van der Waals surface area (Å²) in [5.74, 6) is -0.803. The summed E-state index contributed by atoms with van der Waals surface area (Å²) in [6.07, 6.45) is 0.843. The van der Waals surface area contributed by atoms with Gasteiger partial charge in [0.15, 0.2) is 0 Å². The first-order chi connectivity index (χ1) is 7.65. The van der Waals surface area contributed by atoms with Gasteiger partial charge in [0.25, 0.3) is 0 Å². The molecule has 88 valence electrons. The topological polar surface area (TPSA) is 81.2 Å². The van der Waals surface area contributed by atoms with E-state index in [-0.39, 0.29) is 0 Å². The van der Waals surface area contributed by atoms with E-state index in [0.29, 0.717) is 18.7 Å². The Morgan fingerprint density at radius 2 is 2.25 bits per heavy atom. The van der Waals surface area contributed by atoms with Crippen molar-refractivity contribution in [3.8, 4) is 0 Å². The Balaban J connectivity index is 2.56. The van der Waals surface area contributed by atoms with E-state index in [1.165, 1.54) is 18.2 Å². The van der Waals surface area contributed by atoms with Gasteiger partial charge in [0.1, 0.15) is 0 Å². The van der Waals surface area contributed by atoms with Crippen LogP contribution in [0.15, 0.2) is 18.2 Å². The molecule has 0 aromatic heterocycles. The monoisotopic (exact) mass is 227 g/mol. The van der Waals surface area contributed by atoms with Crippen molar-refractivity contribution >= 4 is 5.69 Å². The Labute approximate surface area is 92.6 Å². The molecule has 0 amide bonds. The molecule has 0 fully saturated rings. The fourth-order valence-electron chi connectivity index (χ4n) is 1.27. The average Bonchev–Trinajstić information content (AvgIpc) is 2.24. The summed E-state index contributed by atoms with van der Waals surface area (Å²) >= 11 is 0. The highest BCUT2D eigenvalue weighted by molar-refractivity contribution is 5.34. The van der Waals surface area contributed by atoms with Crippen LogP contribution in [-0.2, 0) is 6.54 Å². The van der Waals surface area contributed by atoms with Crippen LogP contribution in [0.4, 0.5) is 10.1 Å². The van der Waals surface area contributed by atoms with Crippen molar-refractivity contribution in [1.82, 2.24) is 5.32 Å². The normalized spacial score (nSPS) is 10.4. The lowest BCUT2D eigenvalue weighted by molar-refractivity contribution is -0.387. The minimum absolute atomic E-state index is 0.481. The number of nitrogens with zero attached hydrogens (tertiary/aromatic N) is 1. The largest absolute Gasteiger partial charge is 0.330 e. The maximum atomic E-state index is 13.2. The first-order valence-corrected chi connectivity index (χ1v) is 4.98. The van der Waals surface area contributed by atoms with E-state index in [1.807, 2.05) is 0 Å². The van der Waals surface area contributed by atoms with E-state index >= 15 is 0 Å². The van der Waals surface area contributed by atoms with Crippen LogP contribution in [0.3, 0.4) is 0 Å². The first-order valence-electron chi connectivity index (χ1n) is 4.98. The third kappa shape index (κ3) is 3.56. The molecular formula is C10H14FN3O2. The zero-order valence-corrected chi connectivity index (χ0v) is 8.78. The first kappa shape index (κ1) is 12.5. The van der Waals surface area contributed by atoms with Crippen molar-refractivity contribution < 1.29 is 9.31 Å². The summed E-state index contributed by atoms with van der Waals surface area (Å²) in [5, 5.41) is 13.4. The quantitative estimate of drug-likeness (QED) is 0.434. The number of hydrogen-bond acceptors (Lipinski definition) is 4. The van der Waals surface area contributed by atoms with Gasteiger partial charge >= 0.3 is 5.69 Å². The fraction of sp³-hybridized carbons (Fsp3) is 0.400. The molecule has 0 saturated carbocycles. The highest BCUT2D eigenvalue weighted by Crippen LogP contribution is 2.17. The second-order valence-electron chi connectivity index (χ2n) is 3.36. The molecule has 1 aromatic carbocycles. The second-order valence-corrected chi connectivity index (χ2v) is 3.36. The molecule has 6 heteroatoms. The van der Waals surface area contributed by atoms with Crippen LogP contribution in [0.2, 0.25) is 0 Å². The zero-order chi connectivity index (χ0) is 12.0. The van der Waals surface area contributed by atoms with Gasteiger partial charge in [-0.1, -0.05) is 6.07 Å². The molecule has 0 saturated heterocycles. The van der Waals surface area contributed by atoms with Gasteiger partial charge in [0.05, 0.1) is 4.92 Å². The highest BCUT2D eigenvalue weighted by atomic mass is 19.1. The molecule has 0 aliphatic heterocycles. The molecule has 0 spiro atoms. The van der Waals surface area contributed by atoms with E-state index < -0.39 is 16.4 Å². The van der Waals surface area contributed by atoms with Gasteiger partial charge in [-0.15, -0.1) is 0 Å². The number of rotatable bonds is 6. The molecule has 16 heavy (non-hydrogen) atoms. The van der Waals surface area contributed by atoms with Gasteiger partial charge in [0.2, 0.25) is 5.82 Å². The molecule has 0 heterocycles. The van der Waals surface area contributed by atoms with E-state index in [4.69, 9.17) is 5.73 Å². The summed E-state index contributed by atoms with van der Waals surface area (Å²) in [6.45, 7) is 1.83. The Bertz CT molecular complexity index is 371. The van der Waals surface area contributed by atoms with Crippen LogP contribution in [0.25, 0.3) is 0 Å². The molecule has 0 aliphatic carbocycles. The van der Waals surface area contributed by atoms with Crippen molar-refractivity contribution in [2.75, 3.05) is 13.1 Å². The fourth-order valence-corrected chi connectivity index (χ4v) is 1.27. The average molecular weight is 227 g/mol. The number of benzene rings is 1. The van der Waals surface area contributed by atoms with Gasteiger partial charge in [-0.3, -0.25) is 10.1 Å². The summed E-state index contributed by atoms with van der Waals surface area (Å²) in [5.41, 5.74) is 5.50. The maximum Gasteiger partial charge on any atom is 0.304 e. The van der Waals surface area contributed by atoms with Crippen molar-refractivity contribution in [3.63, 3.8) is 0 Å². The van der Waals surface area contributed by atoms with Crippen LogP contribution >= 0.6 is 0 Å². The number of nitro benzene ring substituents is 1. The van der Waals surface area contributed by atoms with E-state index in [9.17, 15) is 14.5 Å². The zero-order valence-electron chi connectivity index (χ0n) is 8.78. The van der Waals surface area contributed by atoms with Gasteiger partial charge in [-0.2, -0.15) is 4.39 Å². The molecule has 0 atom stereocenters. The van der Waals surface area contributed by atoms with Crippen LogP contribution in [0.5, 0.6) is 0 Å². The SMILES string of the molecule is NCCCNCc1ccc([N+](=O)[O-])c(F)c1. The third-order valence-corrected chi connectivity index (χ3v) is 2.10. The van der Waals surface area contributed by atoms with Crippen LogP contribution < -0.4 is 11.1 Å². The molecule has 5 nitrogen and oxygen atoms in total. The minimum Gasteiger partial charge on any atom is -0.330 e. The lowest BCUT2D eigenvalue weighted by Crippen LogP contribution is -2.17. The number of nitro groups is 1. The summed E-state index contributed by atoms with van der Waals surface area (Å²) in [6, 6.07) is 3.89. The highest BCUT2D eigenvalue weighted by Gasteiger charge is 2.13. The van der Waals surface area contributed by atoms with Gasteiger partial charge in [-0.25, -0.2) is 0 Å². The number of halogens is 1. The lowest BCUT2D eigenvalue weighted by atomic mass is 10.2. The Morgan fingerprint density at radius 3 is 2.81 bits per heavy atom. The molecule has 0 aliphatic rings. The maximum absolute atomic E-state index is 13.2. The Morgan fingerprint density at radius 1 is 1.50 bits per heavy atom.